The van der Waals surface area contributed by atoms with Gasteiger partial charge >= 0.3 is 0 Å². The molecule has 0 saturated carbocycles. The van der Waals surface area contributed by atoms with Gasteiger partial charge < -0.3 is 4.74 Å². The van der Waals surface area contributed by atoms with Gasteiger partial charge in [-0.1, -0.05) is 20.8 Å². The van der Waals surface area contributed by atoms with E-state index in [2.05, 4.69) is 40.0 Å². The maximum atomic E-state index is 5.61. The molecule has 15 heavy (non-hydrogen) atoms. The fraction of sp³-hybridized carbons (Fsp3) is 1.00. The van der Waals surface area contributed by atoms with Crippen LogP contribution in [0.1, 0.15) is 53.9 Å². The second kappa shape index (κ2) is 5.83. The Hall–Kier alpha value is -0.120. The SMILES string of the molecule is CCC(C)(C)C(CCC(C)(C)OC)NN. The molecule has 0 amide bonds. The van der Waals surface area contributed by atoms with Crippen molar-refractivity contribution in [1.29, 1.82) is 0 Å². The van der Waals surface area contributed by atoms with E-state index in [1.54, 1.807) is 7.11 Å². The van der Waals surface area contributed by atoms with Gasteiger partial charge in [0.15, 0.2) is 0 Å². The van der Waals surface area contributed by atoms with Gasteiger partial charge in [-0.2, -0.15) is 0 Å². The topological polar surface area (TPSA) is 47.3 Å². The highest BCUT2D eigenvalue weighted by Gasteiger charge is 2.28. The van der Waals surface area contributed by atoms with Crippen molar-refractivity contribution in [2.45, 2.75) is 65.5 Å². The summed E-state index contributed by atoms with van der Waals surface area (Å²) >= 11 is 0. The summed E-state index contributed by atoms with van der Waals surface area (Å²) < 4.78 is 5.41. The zero-order chi connectivity index (χ0) is 12.1. The molecule has 3 heteroatoms. The van der Waals surface area contributed by atoms with Crippen LogP contribution in [0, 0.1) is 5.41 Å². The Morgan fingerprint density at radius 1 is 1.27 bits per heavy atom. The first-order valence-corrected chi connectivity index (χ1v) is 5.80. The number of rotatable bonds is 7. The highest BCUT2D eigenvalue weighted by Crippen LogP contribution is 2.29. The summed E-state index contributed by atoms with van der Waals surface area (Å²) in [5.74, 6) is 5.61. The largest absolute Gasteiger partial charge is 0.379 e. The first-order valence-electron chi connectivity index (χ1n) is 5.80. The number of hydrogen-bond acceptors (Lipinski definition) is 3. The zero-order valence-electron chi connectivity index (χ0n) is 11.2. The lowest BCUT2D eigenvalue weighted by Gasteiger charge is -2.35. The van der Waals surface area contributed by atoms with E-state index in [1.165, 1.54) is 0 Å². The van der Waals surface area contributed by atoms with Gasteiger partial charge in [0, 0.05) is 13.2 Å². The second-order valence-corrected chi connectivity index (χ2v) is 5.56. The maximum Gasteiger partial charge on any atom is 0.0623 e. The molecule has 0 saturated heterocycles. The van der Waals surface area contributed by atoms with Gasteiger partial charge in [0.2, 0.25) is 0 Å². The molecule has 0 aromatic rings. The number of nitrogens with one attached hydrogen (secondary N) is 1. The van der Waals surface area contributed by atoms with Gasteiger partial charge in [0.1, 0.15) is 0 Å². The van der Waals surface area contributed by atoms with E-state index in [1.807, 2.05) is 0 Å². The maximum absolute atomic E-state index is 5.61. The molecule has 0 heterocycles. The third-order valence-corrected chi connectivity index (χ3v) is 3.64. The normalized spacial score (nSPS) is 15.4. The smallest absolute Gasteiger partial charge is 0.0623 e. The van der Waals surface area contributed by atoms with E-state index in [9.17, 15) is 0 Å². The Bertz CT molecular complexity index is 178. The van der Waals surface area contributed by atoms with Gasteiger partial charge in [0.25, 0.3) is 0 Å². The first kappa shape index (κ1) is 14.9. The van der Waals surface area contributed by atoms with Crippen LogP contribution >= 0.6 is 0 Å². The minimum atomic E-state index is -0.0566. The number of ether oxygens (including phenoxy) is 1. The number of hydrogen-bond donors (Lipinski definition) is 2. The molecule has 3 nitrogen and oxygen atoms in total. The minimum absolute atomic E-state index is 0.0566. The first-order chi connectivity index (χ1) is 6.79. The van der Waals surface area contributed by atoms with Crippen molar-refractivity contribution in [2.75, 3.05) is 7.11 Å². The second-order valence-electron chi connectivity index (χ2n) is 5.56. The molecule has 0 aliphatic heterocycles. The van der Waals surface area contributed by atoms with Crippen LogP contribution in [0.3, 0.4) is 0 Å². The highest BCUT2D eigenvalue weighted by molar-refractivity contribution is 4.83. The Morgan fingerprint density at radius 3 is 2.13 bits per heavy atom. The van der Waals surface area contributed by atoms with Crippen LogP contribution in [0.25, 0.3) is 0 Å². The molecule has 1 unspecified atom stereocenters. The van der Waals surface area contributed by atoms with Gasteiger partial charge in [-0.05, 0) is 38.5 Å². The number of methoxy groups -OCH3 is 1. The molecular formula is C12H28N2O. The van der Waals surface area contributed by atoms with Crippen molar-refractivity contribution < 1.29 is 4.74 Å². The summed E-state index contributed by atoms with van der Waals surface area (Å²) in [7, 11) is 1.76. The minimum Gasteiger partial charge on any atom is -0.379 e. The van der Waals surface area contributed by atoms with Crippen molar-refractivity contribution in [3.05, 3.63) is 0 Å². The van der Waals surface area contributed by atoms with Crippen LogP contribution in [-0.2, 0) is 4.74 Å². The van der Waals surface area contributed by atoms with Crippen molar-refractivity contribution >= 4 is 0 Å². The lowest BCUT2D eigenvalue weighted by Crippen LogP contribution is -2.46. The quantitative estimate of drug-likeness (QED) is 0.507. The highest BCUT2D eigenvalue weighted by atomic mass is 16.5. The van der Waals surface area contributed by atoms with Crippen LogP contribution in [-0.4, -0.2) is 18.8 Å². The van der Waals surface area contributed by atoms with Gasteiger partial charge in [-0.25, -0.2) is 0 Å². The Kier molecular flexibility index (Phi) is 5.78. The van der Waals surface area contributed by atoms with E-state index in [4.69, 9.17) is 10.6 Å². The molecule has 0 radical (unpaired) electrons. The van der Waals surface area contributed by atoms with Crippen molar-refractivity contribution in [1.82, 2.24) is 5.43 Å². The molecule has 0 aromatic heterocycles. The molecule has 92 valence electrons. The standard InChI is InChI=1S/C12H28N2O/c1-7-11(2,3)10(14-13)8-9-12(4,5)15-6/h10,14H,7-9,13H2,1-6H3. The monoisotopic (exact) mass is 216 g/mol. The molecule has 0 spiro atoms. The average molecular weight is 216 g/mol. The van der Waals surface area contributed by atoms with E-state index < -0.39 is 0 Å². The average Bonchev–Trinajstić information content (AvgIpc) is 2.18. The third-order valence-electron chi connectivity index (χ3n) is 3.64. The summed E-state index contributed by atoms with van der Waals surface area (Å²) in [4.78, 5) is 0. The molecule has 0 fully saturated rings. The lowest BCUT2D eigenvalue weighted by molar-refractivity contribution is 0.00783. The molecule has 3 N–H and O–H groups in total. The van der Waals surface area contributed by atoms with E-state index in [0.717, 1.165) is 19.3 Å². The number of hydrazine groups is 1. The fourth-order valence-corrected chi connectivity index (χ4v) is 1.54. The Morgan fingerprint density at radius 2 is 1.80 bits per heavy atom. The van der Waals surface area contributed by atoms with E-state index >= 15 is 0 Å². The molecular weight excluding hydrogens is 188 g/mol. The van der Waals surface area contributed by atoms with Crippen LogP contribution in [0.5, 0.6) is 0 Å². The Balaban J connectivity index is 4.24. The van der Waals surface area contributed by atoms with Crippen molar-refractivity contribution in [3.63, 3.8) is 0 Å². The van der Waals surface area contributed by atoms with Crippen LogP contribution in [0.2, 0.25) is 0 Å². The third kappa shape index (κ3) is 4.96. The Labute approximate surface area is 94.7 Å². The van der Waals surface area contributed by atoms with Crippen LogP contribution in [0.15, 0.2) is 0 Å². The summed E-state index contributed by atoms with van der Waals surface area (Å²) in [6, 6.07) is 0.344. The molecule has 0 aliphatic carbocycles. The van der Waals surface area contributed by atoms with Gasteiger partial charge in [-0.3, -0.25) is 11.3 Å². The lowest BCUT2D eigenvalue weighted by atomic mass is 9.79. The molecule has 0 rings (SSSR count). The van der Waals surface area contributed by atoms with E-state index in [-0.39, 0.29) is 11.0 Å². The zero-order valence-corrected chi connectivity index (χ0v) is 11.2. The van der Waals surface area contributed by atoms with Crippen molar-refractivity contribution in [3.8, 4) is 0 Å². The summed E-state index contributed by atoms with van der Waals surface area (Å²) in [6.07, 6.45) is 3.18. The van der Waals surface area contributed by atoms with Gasteiger partial charge in [0.05, 0.1) is 5.60 Å². The van der Waals surface area contributed by atoms with Crippen LogP contribution < -0.4 is 11.3 Å². The summed E-state index contributed by atoms with van der Waals surface area (Å²) in [5.41, 5.74) is 3.11. The van der Waals surface area contributed by atoms with Crippen molar-refractivity contribution in [2.24, 2.45) is 11.3 Å². The van der Waals surface area contributed by atoms with Gasteiger partial charge in [-0.15, -0.1) is 0 Å². The summed E-state index contributed by atoms with van der Waals surface area (Å²) in [5, 5.41) is 0. The molecule has 1 atom stereocenters. The molecule has 0 aliphatic rings. The molecule has 0 bridgehead atoms. The predicted octanol–water partition coefficient (Wildman–Crippen LogP) is 2.46. The van der Waals surface area contributed by atoms with Crippen LogP contribution in [0.4, 0.5) is 0 Å². The fourth-order valence-electron chi connectivity index (χ4n) is 1.54. The summed E-state index contributed by atoms with van der Waals surface area (Å²) in [6.45, 7) is 10.9. The predicted molar refractivity (Wildman–Crippen MR) is 65.5 cm³/mol. The molecule has 0 aromatic carbocycles. The van der Waals surface area contributed by atoms with E-state index in [0.29, 0.717) is 6.04 Å². The number of nitrogens with two attached hydrogens (primary N) is 1.